The van der Waals surface area contributed by atoms with Gasteiger partial charge >= 0.3 is 0 Å². The van der Waals surface area contributed by atoms with E-state index in [2.05, 4.69) is 40.6 Å². The van der Waals surface area contributed by atoms with Crippen LogP contribution in [-0.2, 0) is 13.6 Å². The highest BCUT2D eigenvalue weighted by Gasteiger charge is 2.08. The summed E-state index contributed by atoms with van der Waals surface area (Å²) in [6, 6.07) is 8.31. The van der Waals surface area contributed by atoms with Gasteiger partial charge in [0.25, 0.3) is 0 Å². The lowest BCUT2D eigenvalue weighted by Gasteiger charge is -2.13. The van der Waals surface area contributed by atoms with Crippen LogP contribution in [0.3, 0.4) is 0 Å². The van der Waals surface area contributed by atoms with E-state index in [0.717, 1.165) is 12.3 Å². The van der Waals surface area contributed by atoms with Crippen molar-refractivity contribution in [1.29, 1.82) is 0 Å². The molecule has 0 bridgehead atoms. The minimum absolute atomic E-state index is 0. The Balaban J connectivity index is 0.00000180. The van der Waals surface area contributed by atoms with E-state index in [4.69, 9.17) is 11.2 Å². The molecule has 0 radical (unpaired) electrons. The van der Waals surface area contributed by atoms with E-state index in [-0.39, 0.29) is 12.4 Å². The van der Waals surface area contributed by atoms with E-state index >= 15 is 0 Å². The molecule has 0 aliphatic heterocycles. The van der Waals surface area contributed by atoms with Crippen LogP contribution in [0.2, 0.25) is 0 Å². The van der Waals surface area contributed by atoms with Crippen LogP contribution in [0, 0.1) is 12.3 Å². The number of hydrogen-bond acceptors (Lipinski definition) is 2. The Morgan fingerprint density at radius 1 is 1.37 bits per heavy atom. The summed E-state index contributed by atoms with van der Waals surface area (Å²) >= 11 is 0. The fourth-order valence-corrected chi connectivity index (χ4v) is 2.15. The summed E-state index contributed by atoms with van der Waals surface area (Å²) in [5.74, 6) is 3.54. The maximum absolute atomic E-state index is 5.32. The van der Waals surface area contributed by atoms with Crippen molar-refractivity contribution in [3.05, 3.63) is 30.0 Å². The predicted molar refractivity (Wildman–Crippen MR) is 81.9 cm³/mol. The lowest BCUT2D eigenvalue weighted by molar-refractivity contribution is 0.360. The average Bonchev–Trinajstić information content (AvgIpc) is 2.66. The van der Waals surface area contributed by atoms with Gasteiger partial charge in [-0.2, -0.15) is 0 Å². The van der Waals surface area contributed by atoms with Gasteiger partial charge in [0.1, 0.15) is 5.75 Å². The first kappa shape index (κ1) is 15.4. The largest absolute Gasteiger partial charge is 0.497 e. The molecule has 3 nitrogen and oxygen atoms in total. The van der Waals surface area contributed by atoms with E-state index in [0.29, 0.717) is 6.54 Å². The van der Waals surface area contributed by atoms with Crippen LogP contribution in [0.25, 0.3) is 10.9 Å². The zero-order valence-corrected chi connectivity index (χ0v) is 12.3. The van der Waals surface area contributed by atoms with Crippen LogP contribution in [0.1, 0.15) is 5.69 Å². The Kier molecular flexibility index (Phi) is 5.29. The lowest BCUT2D eigenvalue weighted by Crippen LogP contribution is -2.19. The monoisotopic (exact) mass is 278 g/mol. The third-order valence-electron chi connectivity index (χ3n) is 3.14. The Bertz CT molecular complexity index is 598. The van der Waals surface area contributed by atoms with Crippen molar-refractivity contribution in [3.8, 4) is 18.1 Å². The normalized spacial score (nSPS) is 10.3. The maximum Gasteiger partial charge on any atom is 0.119 e. The molecule has 0 saturated carbocycles. The van der Waals surface area contributed by atoms with E-state index in [9.17, 15) is 0 Å². The van der Waals surface area contributed by atoms with Crippen molar-refractivity contribution in [1.82, 2.24) is 9.47 Å². The number of hydrogen-bond donors (Lipinski definition) is 0. The van der Waals surface area contributed by atoms with Gasteiger partial charge in [0.2, 0.25) is 0 Å². The summed E-state index contributed by atoms with van der Waals surface area (Å²) in [6.07, 6.45) is 5.32. The van der Waals surface area contributed by atoms with Crippen LogP contribution < -0.4 is 4.74 Å². The molecule has 0 fully saturated rings. The summed E-state index contributed by atoms with van der Waals surface area (Å²) in [5.41, 5.74) is 2.45. The molecule has 1 aromatic carbocycles. The zero-order chi connectivity index (χ0) is 13.1. The highest BCUT2D eigenvalue weighted by atomic mass is 35.5. The van der Waals surface area contributed by atoms with E-state index in [1.165, 1.54) is 16.6 Å². The first-order valence-corrected chi connectivity index (χ1v) is 5.90. The average molecular weight is 279 g/mol. The number of methoxy groups -OCH3 is 1. The molecule has 1 aromatic heterocycles. The summed E-state index contributed by atoms with van der Waals surface area (Å²) in [5, 5.41) is 1.20. The number of fused-ring (bicyclic) bond motifs is 1. The van der Waals surface area contributed by atoms with Crippen molar-refractivity contribution in [2.75, 3.05) is 20.7 Å². The maximum atomic E-state index is 5.32. The number of nitrogens with zero attached hydrogens (tertiary/aromatic N) is 2. The van der Waals surface area contributed by atoms with E-state index in [1.54, 1.807) is 7.11 Å². The highest BCUT2D eigenvalue weighted by molar-refractivity contribution is 5.85. The molecular formula is C15H19ClN2O. The highest BCUT2D eigenvalue weighted by Crippen LogP contribution is 2.24. The molecule has 0 unspecified atom stereocenters. The Hall–Kier alpha value is -1.63. The quantitative estimate of drug-likeness (QED) is 0.800. The van der Waals surface area contributed by atoms with Crippen LogP contribution in [0.15, 0.2) is 24.3 Å². The summed E-state index contributed by atoms with van der Waals surface area (Å²) in [4.78, 5) is 2.12. The van der Waals surface area contributed by atoms with Gasteiger partial charge in [0, 0.05) is 30.2 Å². The Morgan fingerprint density at radius 2 is 2.11 bits per heavy atom. The molecule has 0 atom stereocenters. The fraction of sp³-hybridized carbons (Fsp3) is 0.333. The molecule has 19 heavy (non-hydrogen) atoms. The molecule has 0 saturated heterocycles. The number of halogens is 1. The zero-order valence-electron chi connectivity index (χ0n) is 11.5. The van der Waals surface area contributed by atoms with Gasteiger partial charge in [-0.1, -0.05) is 5.92 Å². The smallest absolute Gasteiger partial charge is 0.119 e. The standard InChI is InChI=1S/C15H18N2O.ClH/c1-5-8-16(2)11-13-9-12-10-14(18-4)6-7-15(12)17(13)3;/h1,6-7,9-10H,8,11H2,2-4H3;1H. The van der Waals surface area contributed by atoms with Gasteiger partial charge in [-0.25, -0.2) is 0 Å². The van der Waals surface area contributed by atoms with Crippen molar-refractivity contribution < 1.29 is 4.74 Å². The van der Waals surface area contributed by atoms with Crippen LogP contribution >= 0.6 is 12.4 Å². The number of rotatable bonds is 4. The lowest BCUT2D eigenvalue weighted by atomic mass is 10.2. The van der Waals surface area contributed by atoms with Gasteiger partial charge in [-0.05, 0) is 31.3 Å². The van der Waals surface area contributed by atoms with Gasteiger partial charge in [0.15, 0.2) is 0 Å². The Labute approximate surface area is 120 Å². The van der Waals surface area contributed by atoms with Crippen LogP contribution in [0.4, 0.5) is 0 Å². The molecule has 102 valence electrons. The second-order valence-corrected chi connectivity index (χ2v) is 4.50. The second kappa shape index (κ2) is 6.51. The predicted octanol–water partition coefficient (Wildman–Crippen LogP) is 2.67. The third-order valence-corrected chi connectivity index (χ3v) is 3.14. The van der Waals surface area contributed by atoms with Gasteiger partial charge in [-0.3, -0.25) is 4.90 Å². The minimum atomic E-state index is 0. The molecule has 2 aromatic rings. The van der Waals surface area contributed by atoms with Gasteiger partial charge in [0.05, 0.1) is 13.7 Å². The Morgan fingerprint density at radius 3 is 2.74 bits per heavy atom. The van der Waals surface area contributed by atoms with Gasteiger partial charge < -0.3 is 9.30 Å². The number of terminal acetylenes is 1. The second-order valence-electron chi connectivity index (χ2n) is 4.50. The van der Waals surface area contributed by atoms with Crippen molar-refractivity contribution in [2.24, 2.45) is 7.05 Å². The third kappa shape index (κ3) is 3.23. The van der Waals surface area contributed by atoms with Crippen LogP contribution in [0.5, 0.6) is 5.75 Å². The summed E-state index contributed by atoms with van der Waals surface area (Å²) < 4.78 is 7.44. The van der Waals surface area contributed by atoms with Crippen molar-refractivity contribution in [2.45, 2.75) is 6.54 Å². The molecule has 0 aliphatic carbocycles. The first-order valence-electron chi connectivity index (χ1n) is 5.90. The molecule has 0 N–H and O–H groups in total. The molecule has 2 rings (SSSR count). The molecule has 0 amide bonds. The molecular weight excluding hydrogens is 260 g/mol. The van der Waals surface area contributed by atoms with Gasteiger partial charge in [-0.15, -0.1) is 18.8 Å². The van der Waals surface area contributed by atoms with Crippen molar-refractivity contribution >= 4 is 23.3 Å². The number of aryl methyl sites for hydroxylation is 1. The first-order chi connectivity index (χ1) is 8.65. The summed E-state index contributed by atoms with van der Waals surface area (Å²) in [7, 11) is 5.79. The van der Waals surface area contributed by atoms with E-state index < -0.39 is 0 Å². The molecule has 0 spiro atoms. The number of benzene rings is 1. The van der Waals surface area contributed by atoms with Crippen LogP contribution in [-0.4, -0.2) is 30.2 Å². The molecule has 1 heterocycles. The summed E-state index contributed by atoms with van der Waals surface area (Å²) in [6.45, 7) is 1.50. The topological polar surface area (TPSA) is 17.4 Å². The number of ether oxygens (including phenoxy) is 1. The van der Waals surface area contributed by atoms with E-state index in [1.807, 2.05) is 13.1 Å². The minimum Gasteiger partial charge on any atom is -0.497 e. The molecule has 4 heteroatoms. The number of aromatic nitrogens is 1. The SMILES string of the molecule is C#CCN(C)Cc1cc2cc(OC)ccc2n1C.Cl. The van der Waals surface area contributed by atoms with Crippen molar-refractivity contribution in [3.63, 3.8) is 0 Å². The fourth-order valence-electron chi connectivity index (χ4n) is 2.15. The molecule has 0 aliphatic rings.